The maximum absolute atomic E-state index is 13.2. The number of piperidine rings is 2. The summed E-state index contributed by atoms with van der Waals surface area (Å²) in [6.45, 7) is 14.9. The molecule has 0 radical (unpaired) electrons. The second-order valence-electron chi connectivity index (χ2n) is 14.4. The number of carbonyl (C=O) groups excluding carboxylic acids is 4. The van der Waals surface area contributed by atoms with Gasteiger partial charge in [0, 0.05) is 61.6 Å². The van der Waals surface area contributed by atoms with E-state index in [2.05, 4.69) is 18.4 Å². The quantitative estimate of drug-likeness (QED) is 0.288. The Hall–Kier alpha value is -2.46. The van der Waals surface area contributed by atoms with Crippen LogP contribution in [0.4, 0.5) is 0 Å². The van der Waals surface area contributed by atoms with Crippen LogP contribution in [0.3, 0.4) is 0 Å². The molecule has 1 N–H and O–H groups in total. The molecule has 9 aliphatic rings. The molecule has 10 nitrogen and oxygen atoms in total. The third-order valence-electron chi connectivity index (χ3n) is 12.6. The molecule has 0 aromatic rings. The highest BCUT2D eigenvalue weighted by molar-refractivity contribution is 5.72. The first-order valence-corrected chi connectivity index (χ1v) is 15.1. The highest BCUT2D eigenvalue weighted by atomic mass is 16.6. The lowest BCUT2D eigenvalue weighted by atomic mass is 9.38. The Morgan fingerprint density at radius 3 is 2.24 bits per heavy atom. The first-order chi connectivity index (χ1) is 19.2. The van der Waals surface area contributed by atoms with Gasteiger partial charge in [-0.15, -0.1) is 0 Å². The van der Waals surface area contributed by atoms with Crippen molar-refractivity contribution in [3.8, 4) is 0 Å². The van der Waals surface area contributed by atoms with Gasteiger partial charge in [0.05, 0.1) is 11.8 Å². The van der Waals surface area contributed by atoms with Crippen LogP contribution in [0.1, 0.15) is 67.2 Å². The van der Waals surface area contributed by atoms with Crippen molar-refractivity contribution in [3.63, 3.8) is 0 Å². The van der Waals surface area contributed by atoms with Crippen LogP contribution in [-0.2, 0) is 38.1 Å². The Balaban J connectivity index is 1.43. The van der Waals surface area contributed by atoms with Crippen LogP contribution in [0.5, 0.6) is 0 Å². The number of nitrogens with zero attached hydrogens (tertiary/aromatic N) is 1. The van der Waals surface area contributed by atoms with Gasteiger partial charge in [-0.2, -0.15) is 0 Å². The Morgan fingerprint density at radius 2 is 1.63 bits per heavy atom. The molecule has 0 amide bonds. The van der Waals surface area contributed by atoms with Crippen LogP contribution in [-0.4, -0.2) is 82.5 Å². The monoisotopic (exact) mass is 571 g/mol. The highest BCUT2D eigenvalue weighted by Crippen LogP contribution is 2.88. The van der Waals surface area contributed by atoms with Crippen molar-refractivity contribution in [2.24, 2.45) is 39.9 Å². The van der Waals surface area contributed by atoms with Gasteiger partial charge in [-0.25, -0.2) is 0 Å². The molecule has 0 aromatic heterocycles. The molecule has 10 heteroatoms. The zero-order chi connectivity index (χ0) is 29.6. The maximum Gasteiger partial charge on any atom is 0.309 e. The fourth-order valence-corrected chi connectivity index (χ4v) is 12.1. The summed E-state index contributed by atoms with van der Waals surface area (Å²) in [5.41, 5.74) is -2.45. The average Bonchev–Trinajstić information content (AvgIpc) is 3.29. The fraction of sp³-hybridized carbons (Fsp3) is 0.806. The van der Waals surface area contributed by atoms with Crippen molar-refractivity contribution in [2.75, 3.05) is 6.54 Å². The van der Waals surface area contributed by atoms with Gasteiger partial charge in [-0.1, -0.05) is 32.9 Å². The number of esters is 4. The Morgan fingerprint density at radius 1 is 1.00 bits per heavy atom. The van der Waals surface area contributed by atoms with Crippen LogP contribution >= 0.6 is 0 Å². The predicted molar refractivity (Wildman–Crippen MR) is 142 cm³/mol. The fourth-order valence-electron chi connectivity index (χ4n) is 12.1. The first kappa shape index (κ1) is 27.4. The lowest BCUT2D eigenvalue weighted by Gasteiger charge is -2.68. The van der Waals surface area contributed by atoms with Crippen LogP contribution in [0.25, 0.3) is 0 Å². The molecule has 41 heavy (non-hydrogen) atoms. The molecular formula is C31H41NO9. The SMILES string of the molecule is C=C1C[C@@]23C[C@H]4[C@@H]5[C@]6(C)CN4[C@H]4[C@]5(C[C@@H](OC(=O)C(C)CC)[C@H]6OC(C)=O)[C@@H]2[C@H](OC(C)=O)[C@@H]1[C@@H](OC(C)=O)[C@]43O. The van der Waals surface area contributed by atoms with E-state index in [1.807, 2.05) is 13.8 Å². The predicted octanol–water partition coefficient (Wildman–Crippen LogP) is 2.16. The smallest absolute Gasteiger partial charge is 0.309 e. The summed E-state index contributed by atoms with van der Waals surface area (Å²) in [6, 6.07) is -0.287. The summed E-state index contributed by atoms with van der Waals surface area (Å²) < 4.78 is 24.4. The van der Waals surface area contributed by atoms with Gasteiger partial charge in [0.2, 0.25) is 0 Å². The number of fused-ring (bicyclic) bond motifs is 1. The summed E-state index contributed by atoms with van der Waals surface area (Å²) >= 11 is 0. The normalized spacial score (nSPS) is 53.2. The molecule has 6 aliphatic carbocycles. The van der Waals surface area contributed by atoms with Gasteiger partial charge in [0.15, 0.2) is 0 Å². The second kappa shape index (κ2) is 8.13. The Kier molecular flexibility index (Phi) is 5.43. The molecule has 2 unspecified atom stereocenters. The summed E-state index contributed by atoms with van der Waals surface area (Å²) in [5, 5.41) is 13.1. The minimum absolute atomic E-state index is 0.00352. The van der Waals surface area contributed by atoms with E-state index in [0.717, 1.165) is 5.57 Å². The van der Waals surface area contributed by atoms with Gasteiger partial charge in [0.1, 0.15) is 30.0 Å². The molecule has 3 heterocycles. The molecule has 224 valence electrons. The average molecular weight is 572 g/mol. The molecule has 15 atom stereocenters. The number of ether oxygens (including phenoxy) is 4. The molecule has 9 bridgehead atoms. The molecular weight excluding hydrogens is 530 g/mol. The van der Waals surface area contributed by atoms with Gasteiger partial charge >= 0.3 is 23.9 Å². The van der Waals surface area contributed by atoms with Gasteiger partial charge in [-0.3, -0.25) is 24.1 Å². The lowest BCUT2D eigenvalue weighted by molar-refractivity contribution is -0.288. The Bertz CT molecular complexity index is 1280. The molecule has 6 saturated carbocycles. The number of hydrogen-bond acceptors (Lipinski definition) is 10. The Labute approximate surface area is 240 Å². The van der Waals surface area contributed by atoms with Gasteiger partial charge in [0.25, 0.3) is 0 Å². The summed E-state index contributed by atoms with van der Waals surface area (Å²) in [4.78, 5) is 53.1. The van der Waals surface area contributed by atoms with Gasteiger partial charge in [-0.05, 0) is 31.6 Å². The lowest BCUT2D eigenvalue weighted by Crippen LogP contribution is -2.77. The molecule has 0 aromatic carbocycles. The zero-order valence-electron chi connectivity index (χ0n) is 24.7. The molecule has 3 aliphatic heterocycles. The van der Waals surface area contributed by atoms with Crippen LogP contribution in [0, 0.1) is 39.9 Å². The van der Waals surface area contributed by atoms with Crippen molar-refractivity contribution in [3.05, 3.63) is 12.2 Å². The minimum atomic E-state index is -1.39. The minimum Gasteiger partial charge on any atom is -0.461 e. The number of hydrogen-bond donors (Lipinski definition) is 1. The third-order valence-corrected chi connectivity index (χ3v) is 12.6. The van der Waals surface area contributed by atoms with Gasteiger partial charge < -0.3 is 24.1 Å². The summed E-state index contributed by atoms with van der Waals surface area (Å²) in [5.74, 6) is -2.84. The molecule has 3 saturated heterocycles. The van der Waals surface area contributed by atoms with E-state index in [4.69, 9.17) is 18.9 Å². The van der Waals surface area contributed by atoms with Crippen molar-refractivity contribution in [2.45, 2.75) is 109 Å². The van der Waals surface area contributed by atoms with E-state index in [0.29, 0.717) is 32.2 Å². The van der Waals surface area contributed by atoms with E-state index >= 15 is 0 Å². The van der Waals surface area contributed by atoms with Crippen LogP contribution < -0.4 is 0 Å². The van der Waals surface area contributed by atoms with E-state index < -0.39 is 70.1 Å². The second-order valence-corrected chi connectivity index (χ2v) is 14.4. The standard InChI is InChI=1S/C31H41NO9/c1-8-13(2)26(36)41-19-11-30-22-18-10-29-9-14(3)20(21(23(29)30)38-15(4)33)25(40-17(6)35)31(29,37)27(30)32(18)12-28(22,7)24(19)39-16(5)34/h13,18-25,27,37H,3,8-12H2,1-2,4-7H3/t13?,18-,19+,20+,21+,22+,23+,24+,25+,27-,28-,29+,30-,31-/m0/s1. The molecule has 2 spiro atoms. The van der Waals surface area contributed by atoms with Crippen molar-refractivity contribution >= 4 is 23.9 Å². The number of carbonyl (C=O) groups is 4. The zero-order valence-corrected chi connectivity index (χ0v) is 24.7. The summed E-state index contributed by atoms with van der Waals surface area (Å²) in [7, 11) is 0. The van der Waals surface area contributed by atoms with Crippen LogP contribution in [0.15, 0.2) is 12.2 Å². The first-order valence-electron chi connectivity index (χ1n) is 15.1. The largest absolute Gasteiger partial charge is 0.461 e. The van der Waals surface area contributed by atoms with E-state index in [-0.39, 0.29) is 35.8 Å². The van der Waals surface area contributed by atoms with E-state index in [9.17, 15) is 24.3 Å². The van der Waals surface area contributed by atoms with Crippen molar-refractivity contribution in [1.29, 1.82) is 0 Å². The highest BCUT2D eigenvalue weighted by Gasteiger charge is 2.97. The molecule has 9 rings (SSSR count). The van der Waals surface area contributed by atoms with Crippen molar-refractivity contribution < 1.29 is 43.2 Å². The number of rotatable bonds is 6. The third kappa shape index (κ3) is 2.87. The maximum atomic E-state index is 13.2. The van der Waals surface area contributed by atoms with E-state index in [1.54, 1.807) is 0 Å². The number of aliphatic hydroxyl groups is 1. The summed E-state index contributed by atoms with van der Waals surface area (Å²) in [6.07, 6.45) is -0.761. The van der Waals surface area contributed by atoms with Crippen molar-refractivity contribution in [1.82, 2.24) is 4.90 Å². The van der Waals surface area contributed by atoms with E-state index in [1.165, 1.54) is 20.8 Å². The topological polar surface area (TPSA) is 129 Å². The van der Waals surface area contributed by atoms with Crippen LogP contribution in [0.2, 0.25) is 0 Å². The molecule has 9 fully saturated rings.